The summed E-state index contributed by atoms with van der Waals surface area (Å²) in [5, 5.41) is 11.1. The molecule has 26 heavy (non-hydrogen) atoms. The first-order valence-corrected chi connectivity index (χ1v) is 9.45. The van der Waals surface area contributed by atoms with E-state index in [1.165, 1.54) is 0 Å². The van der Waals surface area contributed by atoms with Gasteiger partial charge in [0.1, 0.15) is 0 Å². The van der Waals surface area contributed by atoms with Crippen molar-refractivity contribution in [2.75, 3.05) is 0 Å². The minimum absolute atomic E-state index is 0.0872. The molecule has 4 rings (SSSR count). The lowest BCUT2D eigenvalue weighted by molar-refractivity contribution is 0.0951. The molecule has 0 aliphatic heterocycles. The zero-order chi connectivity index (χ0) is 17.9. The molecule has 4 nitrogen and oxygen atoms in total. The van der Waals surface area contributed by atoms with Crippen LogP contribution < -0.4 is 5.32 Å². The lowest BCUT2D eigenvalue weighted by Gasteiger charge is -2.07. The van der Waals surface area contributed by atoms with Crippen molar-refractivity contribution in [2.24, 2.45) is 0 Å². The van der Waals surface area contributed by atoms with E-state index in [1.54, 1.807) is 11.3 Å². The molecule has 0 fully saturated rings. The lowest BCUT2D eigenvalue weighted by Crippen LogP contribution is -2.22. The predicted molar refractivity (Wildman–Crippen MR) is 106 cm³/mol. The Hall–Kier alpha value is -2.63. The molecule has 0 aliphatic rings. The fraction of sp³-hybridized carbons (Fsp3) is 0.100. The highest BCUT2D eigenvalue weighted by atomic mass is 35.5. The van der Waals surface area contributed by atoms with Crippen LogP contribution in [0.3, 0.4) is 0 Å². The number of halogens is 1. The molecule has 0 radical (unpaired) electrons. The summed E-state index contributed by atoms with van der Waals surface area (Å²) < 4.78 is 1.89. The van der Waals surface area contributed by atoms with Gasteiger partial charge in [0.05, 0.1) is 24.8 Å². The molecule has 1 amide bonds. The van der Waals surface area contributed by atoms with E-state index in [2.05, 4.69) is 10.4 Å². The minimum atomic E-state index is -0.0872. The van der Waals surface area contributed by atoms with Crippen LogP contribution in [-0.4, -0.2) is 15.7 Å². The van der Waals surface area contributed by atoms with Crippen LogP contribution in [0.5, 0.6) is 0 Å². The fourth-order valence-corrected chi connectivity index (χ4v) is 3.69. The quantitative estimate of drug-likeness (QED) is 0.543. The van der Waals surface area contributed by atoms with Crippen LogP contribution in [0.1, 0.15) is 20.8 Å². The largest absolute Gasteiger partial charge is 0.347 e. The number of hydrogen-bond donors (Lipinski definition) is 1. The summed E-state index contributed by atoms with van der Waals surface area (Å²) in [7, 11) is 0. The van der Waals surface area contributed by atoms with Crippen LogP contribution in [0.25, 0.3) is 10.9 Å². The summed E-state index contributed by atoms with van der Waals surface area (Å²) in [5.41, 5.74) is 2.62. The van der Waals surface area contributed by atoms with Crippen molar-refractivity contribution in [1.29, 1.82) is 0 Å². The number of fused-ring (bicyclic) bond motifs is 1. The highest BCUT2D eigenvalue weighted by molar-refractivity contribution is 7.09. The summed E-state index contributed by atoms with van der Waals surface area (Å²) in [6.07, 6.45) is 1.81. The number of amides is 1. The second kappa shape index (κ2) is 7.32. The first-order chi connectivity index (χ1) is 12.7. The minimum Gasteiger partial charge on any atom is -0.347 e. The van der Waals surface area contributed by atoms with E-state index in [1.807, 2.05) is 70.9 Å². The number of rotatable bonds is 5. The number of benzene rings is 2. The van der Waals surface area contributed by atoms with Gasteiger partial charge in [0, 0.05) is 20.8 Å². The number of hydrogen-bond acceptors (Lipinski definition) is 3. The molecule has 0 aliphatic carbocycles. The Balaban J connectivity index is 1.56. The first-order valence-electron chi connectivity index (χ1n) is 8.20. The van der Waals surface area contributed by atoms with E-state index < -0.39 is 0 Å². The molecular formula is C20H16ClN3OS. The molecule has 0 saturated heterocycles. The summed E-state index contributed by atoms with van der Waals surface area (Å²) in [4.78, 5) is 13.6. The molecule has 0 saturated carbocycles. The van der Waals surface area contributed by atoms with E-state index in [0.29, 0.717) is 23.7 Å². The van der Waals surface area contributed by atoms with Crippen LogP contribution in [-0.2, 0) is 13.1 Å². The van der Waals surface area contributed by atoms with Crippen molar-refractivity contribution in [3.63, 3.8) is 0 Å². The maximum absolute atomic E-state index is 12.5. The highest BCUT2D eigenvalue weighted by Crippen LogP contribution is 2.19. The van der Waals surface area contributed by atoms with E-state index in [9.17, 15) is 4.79 Å². The predicted octanol–water partition coefficient (Wildman–Crippen LogP) is 4.73. The van der Waals surface area contributed by atoms with Gasteiger partial charge in [0.15, 0.2) is 0 Å². The van der Waals surface area contributed by atoms with Gasteiger partial charge in [-0.2, -0.15) is 5.10 Å². The van der Waals surface area contributed by atoms with Crippen LogP contribution in [0.2, 0.25) is 5.02 Å². The molecule has 0 atom stereocenters. The third kappa shape index (κ3) is 3.64. The van der Waals surface area contributed by atoms with Crippen molar-refractivity contribution < 1.29 is 4.79 Å². The average Bonchev–Trinajstić information content (AvgIpc) is 3.29. The summed E-state index contributed by atoms with van der Waals surface area (Å²) in [6.45, 7) is 1.14. The topological polar surface area (TPSA) is 46.9 Å². The van der Waals surface area contributed by atoms with E-state index in [4.69, 9.17) is 11.6 Å². The van der Waals surface area contributed by atoms with E-state index in [-0.39, 0.29) is 5.91 Å². The smallest absolute Gasteiger partial charge is 0.251 e. The van der Waals surface area contributed by atoms with Gasteiger partial charge in [0.2, 0.25) is 0 Å². The number of nitrogens with one attached hydrogen (secondary N) is 1. The molecular weight excluding hydrogens is 366 g/mol. The summed E-state index contributed by atoms with van der Waals surface area (Å²) in [6, 6.07) is 17.3. The van der Waals surface area contributed by atoms with Gasteiger partial charge in [-0.1, -0.05) is 35.9 Å². The second-order valence-electron chi connectivity index (χ2n) is 5.97. The Kier molecular flexibility index (Phi) is 4.73. The molecule has 6 heteroatoms. The SMILES string of the molecule is O=C(NCc1cccs1)c1ccc2cnn(Cc3cccc(Cl)c3)c2c1. The molecule has 130 valence electrons. The number of carbonyl (C=O) groups is 1. The van der Waals surface area contributed by atoms with Gasteiger partial charge in [-0.3, -0.25) is 9.48 Å². The maximum Gasteiger partial charge on any atom is 0.251 e. The van der Waals surface area contributed by atoms with E-state index in [0.717, 1.165) is 21.3 Å². The average molecular weight is 382 g/mol. The number of aromatic nitrogens is 2. The lowest BCUT2D eigenvalue weighted by atomic mass is 10.1. The normalized spacial score (nSPS) is 11.0. The van der Waals surface area contributed by atoms with Gasteiger partial charge >= 0.3 is 0 Å². The van der Waals surface area contributed by atoms with Crippen molar-refractivity contribution in [3.8, 4) is 0 Å². The Labute approximate surface area is 160 Å². The van der Waals surface area contributed by atoms with Crippen molar-refractivity contribution in [3.05, 3.63) is 87.2 Å². The molecule has 2 heterocycles. The van der Waals surface area contributed by atoms with Gasteiger partial charge in [-0.25, -0.2) is 0 Å². The summed E-state index contributed by atoms with van der Waals surface area (Å²) >= 11 is 7.69. The van der Waals surface area contributed by atoms with Gasteiger partial charge in [-0.05, 0) is 41.3 Å². The molecule has 4 aromatic rings. The second-order valence-corrected chi connectivity index (χ2v) is 7.44. The van der Waals surface area contributed by atoms with Crippen molar-refractivity contribution in [1.82, 2.24) is 15.1 Å². The standard InChI is InChI=1S/C20H16ClN3OS/c21-17-4-1-3-14(9-17)13-24-19-10-15(6-7-16(19)11-23-24)20(25)22-12-18-5-2-8-26-18/h1-11H,12-13H2,(H,22,25). The van der Waals surface area contributed by atoms with Gasteiger partial charge in [-0.15, -0.1) is 11.3 Å². The molecule has 0 unspecified atom stereocenters. The van der Waals surface area contributed by atoms with Crippen molar-refractivity contribution >= 4 is 39.7 Å². The maximum atomic E-state index is 12.5. The number of carbonyl (C=O) groups excluding carboxylic acids is 1. The van der Waals surface area contributed by atoms with Crippen LogP contribution in [0, 0.1) is 0 Å². The zero-order valence-corrected chi connectivity index (χ0v) is 15.4. The fourth-order valence-electron chi connectivity index (χ4n) is 2.83. The Morgan fingerprint density at radius 1 is 1.15 bits per heavy atom. The molecule has 2 aromatic carbocycles. The summed E-state index contributed by atoms with van der Waals surface area (Å²) in [5.74, 6) is -0.0872. The molecule has 2 aromatic heterocycles. The van der Waals surface area contributed by atoms with Gasteiger partial charge in [0.25, 0.3) is 5.91 Å². The Morgan fingerprint density at radius 2 is 2.08 bits per heavy atom. The van der Waals surface area contributed by atoms with Crippen molar-refractivity contribution in [2.45, 2.75) is 13.1 Å². The monoisotopic (exact) mass is 381 g/mol. The van der Waals surface area contributed by atoms with Crippen LogP contribution in [0.4, 0.5) is 0 Å². The Morgan fingerprint density at radius 3 is 2.88 bits per heavy atom. The van der Waals surface area contributed by atoms with Gasteiger partial charge < -0.3 is 5.32 Å². The first kappa shape index (κ1) is 16.8. The van der Waals surface area contributed by atoms with Crippen LogP contribution >= 0.6 is 22.9 Å². The molecule has 0 spiro atoms. The molecule has 1 N–H and O–H groups in total. The number of thiophene rings is 1. The zero-order valence-electron chi connectivity index (χ0n) is 13.9. The molecule has 0 bridgehead atoms. The Bertz CT molecular complexity index is 1060. The highest BCUT2D eigenvalue weighted by Gasteiger charge is 2.10. The van der Waals surface area contributed by atoms with E-state index >= 15 is 0 Å². The third-order valence-corrected chi connectivity index (χ3v) is 5.24. The van der Waals surface area contributed by atoms with Crippen LogP contribution in [0.15, 0.2) is 66.2 Å². The third-order valence-electron chi connectivity index (χ3n) is 4.13. The number of nitrogens with zero attached hydrogens (tertiary/aromatic N) is 2.